The van der Waals surface area contributed by atoms with Gasteiger partial charge in [0.05, 0.1) is 16.8 Å². The molecule has 2 aromatic carbocycles. The highest BCUT2D eigenvalue weighted by Crippen LogP contribution is 2.39. The Hall–Kier alpha value is -4.07. The lowest BCUT2D eigenvalue weighted by Gasteiger charge is -2.25. The highest BCUT2D eigenvalue weighted by atomic mass is 16.6. The molecule has 2 heterocycles. The third kappa shape index (κ3) is 4.28. The van der Waals surface area contributed by atoms with Gasteiger partial charge < -0.3 is 5.73 Å². The molecule has 0 aliphatic rings. The Labute approximate surface area is 179 Å². The maximum Gasteiger partial charge on any atom is 0.269 e. The predicted octanol–water partition coefficient (Wildman–Crippen LogP) is 4.30. The van der Waals surface area contributed by atoms with Crippen molar-refractivity contribution in [2.75, 3.05) is 5.73 Å². The van der Waals surface area contributed by atoms with Crippen LogP contribution in [0, 0.1) is 10.1 Å². The van der Waals surface area contributed by atoms with Gasteiger partial charge in [-0.1, -0.05) is 43.3 Å². The van der Waals surface area contributed by atoms with Crippen LogP contribution in [-0.2, 0) is 7.05 Å². The Morgan fingerprint density at radius 3 is 2.52 bits per heavy atom. The molecule has 0 saturated heterocycles. The van der Waals surface area contributed by atoms with E-state index in [0.29, 0.717) is 5.82 Å². The number of aromatic nitrogens is 4. The van der Waals surface area contributed by atoms with Gasteiger partial charge in [-0.05, 0) is 22.6 Å². The molecule has 0 aliphatic heterocycles. The van der Waals surface area contributed by atoms with Gasteiger partial charge in [0.2, 0.25) is 0 Å². The molecule has 2 aromatic heterocycles. The predicted molar refractivity (Wildman–Crippen MR) is 118 cm³/mol. The fraction of sp³-hybridized carbons (Fsp3) is 0.174. The Kier molecular flexibility index (Phi) is 5.44. The molecule has 0 fully saturated rings. The number of non-ortho nitro benzene ring substituents is 1. The average Bonchev–Trinajstić information content (AvgIpc) is 3.21. The van der Waals surface area contributed by atoms with Crippen LogP contribution in [0.5, 0.6) is 0 Å². The number of nitrogens with two attached hydrogens (primary N) is 1. The Morgan fingerprint density at radius 1 is 1.03 bits per heavy atom. The van der Waals surface area contributed by atoms with E-state index in [-0.39, 0.29) is 22.4 Å². The number of hydrogen-bond acceptors (Lipinski definition) is 6. The van der Waals surface area contributed by atoms with Crippen molar-refractivity contribution < 1.29 is 4.92 Å². The zero-order valence-corrected chi connectivity index (χ0v) is 17.2. The van der Waals surface area contributed by atoms with Crippen molar-refractivity contribution in [2.45, 2.75) is 18.8 Å². The lowest BCUT2D eigenvalue weighted by molar-refractivity contribution is -0.384. The lowest BCUT2D eigenvalue weighted by Crippen LogP contribution is -2.13. The van der Waals surface area contributed by atoms with Crippen LogP contribution in [0.3, 0.4) is 0 Å². The number of anilines is 1. The Balaban J connectivity index is 1.82. The minimum absolute atomic E-state index is 0.0643. The van der Waals surface area contributed by atoms with Crippen molar-refractivity contribution in [3.8, 4) is 11.1 Å². The average molecular weight is 414 g/mol. The summed E-state index contributed by atoms with van der Waals surface area (Å²) < 4.78 is 1.76. The summed E-state index contributed by atoms with van der Waals surface area (Å²) in [5.74, 6) is 0.104. The van der Waals surface area contributed by atoms with Crippen LogP contribution >= 0.6 is 0 Å². The number of nitro groups is 1. The zero-order chi connectivity index (χ0) is 22.0. The van der Waals surface area contributed by atoms with Crippen LogP contribution in [-0.4, -0.2) is 24.7 Å². The SMILES string of the molecule is CC(c1cccc([N+](=O)[O-])c1)[C@H](c1cccc(-c2cnn(C)c2)c1)c1cc(N)ncn1. The lowest BCUT2D eigenvalue weighted by atomic mass is 9.79. The maximum atomic E-state index is 11.3. The summed E-state index contributed by atoms with van der Waals surface area (Å²) in [7, 11) is 1.88. The minimum atomic E-state index is -0.378. The van der Waals surface area contributed by atoms with E-state index in [0.717, 1.165) is 27.9 Å². The van der Waals surface area contributed by atoms with E-state index in [1.165, 1.54) is 12.4 Å². The minimum Gasteiger partial charge on any atom is -0.384 e. The second-order valence-electron chi connectivity index (χ2n) is 7.51. The van der Waals surface area contributed by atoms with Crippen molar-refractivity contribution in [3.05, 3.63) is 100 Å². The number of rotatable bonds is 6. The van der Waals surface area contributed by atoms with Gasteiger partial charge in [0.1, 0.15) is 12.1 Å². The maximum absolute atomic E-state index is 11.3. The summed E-state index contributed by atoms with van der Waals surface area (Å²) in [5, 5.41) is 15.6. The molecule has 2 atom stereocenters. The standard InChI is InChI=1S/C23H22N6O2/c1-15(16-5-4-8-20(10-16)29(30)31)23(21-11-22(24)26-14-25-21)18-7-3-6-17(9-18)19-12-27-28(2)13-19/h3-15,23H,1-2H3,(H2,24,25,26)/t15?,23-/m1/s1. The van der Waals surface area contributed by atoms with E-state index in [9.17, 15) is 10.1 Å². The molecule has 8 nitrogen and oxygen atoms in total. The van der Waals surface area contributed by atoms with Gasteiger partial charge in [-0.25, -0.2) is 9.97 Å². The number of nitrogen functional groups attached to an aromatic ring is 1. The van der Waals surface area contributed by atoms with Crippen LogP contribution in [0.1, 0.15) is 35.6 Å². The van der Waals surface area contributed by atoms with Gasteiger partial charge in [-0.3, -0.25) is 14.8 Å². The third-order valence-corrected chi connectivity index (χ3v) is 5.42. The first-order chi connectivity index (χ1) is 14.9. The first-order valence-electron chi connectivity index (χ1n) is 9.83. The van der Waals surface area contributed by atoms with E-state index < -0.39 is 0 Å². The number of aryl methyl sites for hydroxylation is 1. The first kappa shape index (κ1) is 20.2. The monoisotopic (exact) mass is 414 g/mol. The molecule has 0 bridgehead atoms. The van der Waals surface area contributed by atoms with E-state index in [1.54, 1.807) is 22.9 Å². The quantitative estimate of drug-likeness (QED) is 0.372. The zero-order valence-electron chi connectivity index (χ0n) is 17.2. The van der Waals surface area contributed by atoms with Crippen molar-refractivity contribution >= 4 is 11.5 Å². The number of nitrogens with zero attached hydrogens (tertiary/aromatic N) is 5. The topological polar surface area (TPSA) is 113 Å². The summed E-state index contributed by atoms with van der Waals surface area (Å²) in [6.07, 6.45) is 5.23. The molecule has 156 valence electrons. The number of hydrogen-bond donors (Lipinski definition) is 1. The van der Waals surface area contributed by atoms with Crippen LogP contribution in [0.4, 0.5) is 11.5 Å². The van der Waals surface area contributed by atoms with Crippen molar-refractivity contribution in [2.24, 2.45) is 7.05 Å². The molecular formula is C23H22N6O2. The first-order valence-corrected chi connectivity index (χ1v) is 9.83. The van der Waals surface area contributed by atoms with Crippen molar-refractivity contribution in [1.82, 2.24) is 19.7 Å². The summed E-state index contributed by atoms with van der Waals surface area (Å²) >= 11 is 0. The molecule has 0 spiro atoms. The van der Waals surface area contributed by atoms with Gasteiger partial charge in [-0.15, -0.1) is 0 Å². The van der Waals surface area contributed by atoms with Gasteiger partial charge >= 0.3 is 0 Å². The summed E-state index contributed by atoms with van der Waals surface area (Å²) in [6.45, 7) is 2.04. The fourth-order valence-corrected chi connectivity index (χ4v) is 3.87. The largest absolute Gasteiger partial charge is 0.384 e. The van der Waals surface area contributed by atoms with Crippen LogP contribution < -0.4 is 5.73 Å². The Morgan fingerprint density at radius 2 is 1.81 bits per heavy atom. The van der Waals surface area contributed by atoms with E-state index in [2.05, 4.69) is 21.1 Å². The highest BCUT2D eigenvalue weighted by molar-refractivity contribution is 5.63. The van der Waals surface area contributed by atoms with Crippen LogP contribution in [0.25, 0.3) is 11.1 Å². The van der Waals surface area contributed by atoms with Crippen molar-refractivity contribution in [3.63, 3.8) is 0 Å². The van der Waals surface area contributed by atoms with Crippen molar-refractivity contribution in [1.29, 1.82) is 0 Å². The summed E-state index contributed by atoms with van der Waals surface area (Å²) in [6, 6.07) is 16.7. The normalized spacial score (nSPS) is 13.0. The molecule has 4 rings (SSSR count). The summed E-state index contributed by atoms with van der Waals surface area (Å²) in [4.78, 5) is 19.4. The summed E-state index contributed by atoms with van der Waals surface area (Å²) in [5.41, 5.74) is 10.7. The highest BCUT2D eigenvalue weighted by Gasteiger charge is 2.26. The molecule has 0 amide bonds. The molecule has 4 aromatic rings. The number of nitro benzene ring substituents is 1. The van der Waals surface area contributed by atoms with Crippen LogP contribution in [0.2, 0.25) is 0 Å². The van der Waals surface area contributed by atoms with Gasteiger partial charge in [0.15, 0.2) is 0 Å². The molecule has 0 saturated carbocycles. The van der Waals surface area contributed by atoms with Gasteiger partial charge in [0, 0.05) is 42.9 Å². The molecule has 2 N–H and O–H groups in total. The van der Waals surface area contributed by atoms with Crippen LogP contribution in [0.15, 0.2) is 73.3 Å². The molecule has 0 radical (unpaired) electrons. The van der Waals surface area contributed by atoms with E-state index in [1.807, 2.05) is 50.6 Å². The second-order valence-corrected chi connectivity index (χ2v) is 7.51. The smallest absolute Gasteiger partial charge is 0.269 e. The number of benzene rings is 2. The fourth-order valence-electron chi connectivity index (χ4n) is 3.87. The molecule has 31 heavy (non-hydrogen) atoms. The molecular weight excluding hydrogens is 392 g/mol. The third-order valence-electron chi connectivity index (χ3n) is 5.42. The van der Waals surface area contributed by atoms with E-state index in [4.69, 9.17) is 5.73 Å². The van der Waals surface area contributed by atoms with Gasteiger partial charge in [-0.2, -0.15) is 5.10 Å². The van der Waals surface area contributed by atoms with E-state index >= 15 is 0 Å². The molecule has 1 unspecified atom stereocenters. The molecule has 0 aliphatic carbocycles. The van der Waals surface area contributed by atoms with Gasteiger partial charge in [0.25, 0.3) is 5.69 Å². The molecule has 8 heteroatoms. The Bertz CT molecular complexity index is 1240. The second kappa shape index (κ2) is 8.35.